The Morgan fingerprint density at radius 1 is 1.02 bits per heavy atom. The number of fused-ring (bicyclic) bond motifs is 1. The van der Waals surface area contributed by atoms with Crippen LogP contribution in [0.4, 0.5) is 0 Å². The Balaban J connectivity index is 1.83. The summed E-state index contributed by atoms with van der Waals surface area (Å²) in [5, 5.41) is 0. The lowest BCUT2D eigenvalue weighted by molar-refractivity contribution is -0.143. The number of benzene rings is 2. The number of rotatable bonds is 12. The van der Waals surface area contributed by atoms with E-state index in [9.17, 15) is 14.4 Å². The molecule has 3 aromatic rings. The van der Waals surface area contributed by atoms with E-state index in [0.29, 0.717) is 50.0 Å². The minimum atomic E-state index is -0.831. The molecule has 0 radical (unpaired) electrons. The van der Waals surface area contributed by atoms with Crippen LogP contribution in [0.2, 0.25) is 0 Å². The van der Waals surface area contributed by atoms with Crippen LogP contribution >= 0.6 is 11.3 Å². The highest BCUT2D eigenvalue weighted by Gasteiger charge is 2.35. The summed E-state index contributed by atoms with van der Waals surface area (Å²) in [5.41, 5.74) is 1.62. The average Bonchev–Trinajstić information content (AvgIpc) is 3.29. The van der Waals surface area contributed by atoms with E-state index >= 15 is 0 Å². The summed E-state index contributed by atoms with van der Waals surface area (Å²) in [6.07, 6.45) is 1.71. The molecule has 0 aliphatic carbocycles. The first-order valence-electron chi connectivity index (χ1n) is 13.1. The molecule has 0 saturated carbocycles. The summed E-state index contributed by atoms with van der Waals surface area (Å²) in [6.45, 7) is 3.92. The largest absolute Gasteiger partial charge is 0.496 e. The maximum absolute atomic E-state index is 14.0. The second-order valence-corrected chi connectivity index (χ2v) is 9.97. The number of para-hydroxylation sites is 1. The van der Waals surface area contributed by atoms with Crippen LogP contribution in [0.3, 0.4) is 0 Å². The summed E-state index contributed by atoms with van der Waals surface area (Å²) in [6, 6.07) is 11.5. The third-order valence-corrected chi connectivity index (χ3v) is 7.32. The number of aromatic nitrogens is 1. The molecule has 0 amide bonds. The first-order chi connectivity index (χ1) is 20.3. The van der Waals surface area contributed by atoms with E-state index < -0.39 is 18.0 Å². The third-order valence-electron chi connectivity index (χ3n) is 6.33. The van der Waals surface area contributed by atoms with E-state index in [1.165, 1.54) is 37.2 Å². The van der Waals surface area contributed by atoms with E-state index in [0.717, 1.165) is 0 Å². The highest BCUT2D eigenvalue weighted by atomic mass is 32.1. The summed E-state index contributed by atoms with van der Waals surface area (Å²) in [7, 11) is 4.33. The van der Waals surface area contributed by atoms with Gasteiger partial charge in [-0.15, -0.1) is 0 Å². The number of hydrogen-bond donors (Lipinski definition) is 0. The van der Waals surface area contributed by atoms with E-state index in [-0.39, 0.29) is 31.0 Å². The van der Waals surface area contributed by atoms with Crippen molar-refractivity contribution in [1.29, 1.82) is 0 Å². The van der Waals surface area contributed by atoms with Crippen molar-refractivity contribution < 1.29 is 38.0 Å². The van der Waals surface area contributed by atoms with Crippen LogP contribution in [0, 0.1) is 0 Å². The van der Waals surface area contributed by atoms with Crippen molar-refractivity contribution >= 4 is 29.4 Å². The van der Waals surface area contributed by atoms with Crippen LogP contribution in [-0.2, 0) is 23.8 Å². The fraction of sp³-hybridized carbons (Fsp3) is 0.333. The minimum Gasteiger partial charge on any atom is -0.496 e. The second-order valence-electron chi connectivity index (χ2n) is 8.96. The van der Waals surface area contributed by atoms with E-state index in [4.69, 9.17) is 23.7 Å². The number of ether oxygens (including phenoxy) is 6. The number of methoxy groups -OCH3 is 3. The van der Waals surface area contributed by atoms with Crippen molar-refractivity contribution in [3.8, 4) is 17.2 Å². The van der Waals surface area contributed by atoms with E-state index in [2.05, 4.69) is 9.73 Å². The normalized spacial score (nSPS) is 14.6. The van der Waals surface area contributed by atoms with Crippen molar-refractivity contribution in [1.82, 2.24) is 4.57 Å². The van der Waals surface area contributed by atoms with Crippen LogP contribution in [0.15, 0.2) is 63.5 Å². The molecule has 42 heavy (non-hydrogen) atoms. The van der Waals surface area contributed by atoms with Crippen molar-refractivity contribution in [3.63, 3.8) is 0 Å². The molecule has 2 aromatic carbocycles. The number of carbonyl (C=O) groups excluding carboxylic acids is 2. The van der Waals surface area contributed by atoms with Gasteiger partial charge in [-0.3, -0.25) is 9.36 Å². The monoisotopic (exact) mass is 596 g/mol. The minimum absolute atomic E-state index is 0.0523. The van der Waals surface area contributed by atoms with Gasteiger partial charge in [0.15, 0.2) is 22.9 Å². The Morgan fingerprint density at radius 3 is 2.52 bits per heavy atom. The van der Waals surface area contributed by atoms with Gasteiger partial charge in [0.1, 0.15) is 18.4 Å². The molecule has 12 heteroatoms. The smallest absolute Gasteiger partial charge is 0.343 e. The maximum Gasteiger partial charge on any atom is 0.343 e. The van der Waals surface area contributed by atoms with Gasteiger partial charge in [-0.1, -0.05) is 35.6 Å². The van der Waals surface area contributed by atoms with Gasteiger partial charge in [0.25, 0.3) is 5.56 Å². The molecule has 4 rings (SSSR count). The predicted molar refractivity (Wildman–Crippen MR) is 155 cm³/mol. The van der Waals surface area contributed by atoms with Crippen LogP contribution in [0.1, 0.15) is 31.0 Å². The van der Waals surface area contributed by atoms with Gasteiger partial charge >= 0.3 is 11.9 Å². The van der Waals surface area contributed by atoms with Crippen molar-refractivity contribution in [2.24, 2.45) is 4.99 Å². The van der Waals surface area contributed by atoms with Gasteiger partial charge in [0.2, 0.25) is 0 Å². The lowest BCUT2D eigenvalue weighted by Gasteiger charge is -2.26. The van der Waals surface area contributed by atoms with Gasteiger partial charge in [0.05, 0.1) is 43.2 Å². The molecule has 1 aliphatic rings. The van der Waals surface area contributed by atoms with Crippen molar-refractivity contribution in [2.45, 2.75) is 19.9 Å². The molecule has 1 aliphatic heterocycles. The average molecular weight is 597 g/mol. The van der Waals surface area contributed by atoms with Gasteiger partial charge < -0.3 is 28.4 Å². The fourth-order valence-electron chi connectivity index (χ4n) is 4.41. The van der Waals surface area contributed by atoms with Gasteiger partial charge in [-0.25, -0.2) is 14.6 Å². The molecule has 222 valence electrons. The van der Waals surface area contributed by atoms with E-state index in [1.54, 1.807) is 37.3 Å². The summed E-state index contributed by atoms with van der Waals surface area (Å²) in [4.78, 5) is 43.9. The standard InChI is InChI=1S/C30H32N2O9S/c1-6-39-23-15-19(11-12-22(23)41-17-25(33)38-5)16-24-28(34)32-27(20-9-7-8-10-21(20)37-4)26(18(2)31-30(32)42-24)29(35)40-14-13-36-3/h7-12,15-16,27H,6,13-14,17H2,1-5H3. The molecular formula is C30H32N2O9S. The Bertz CT molecular complexity index is 1670. The number of carbonyl (C=O) groups is 2. The summed E-state index contributed by atoms with van der Waals surface area (Å²) < 4.78 is 33.9. The zero-order valence-electron chi connectivity index (χ0n) is 24.0. The molecule has 0 bridgehead atoms. The lowest BCUT2D eigenvalue weighted by Crippen LogP contribution is -2.40. The molecule has 2 heterocycles. The lowest BCUT2D eigenvalue weighted by atomic mass is 9.95. The topological polar surface area (TPSA) is 124 Å². The molecular weight excluding hydrogens is 564 g/mol. The second kappa shape index (κ2) is 14.0. The molecule has 1 unspecified atom stereocenters. The molecule has 1 aromatic heterocycles. The number of thiazole rings is 1. The van der Waals surface area contributed by atoms with Crippen molar-refractivity contribution in [2.75, 3.05) is 47.8 Å². The van der Waals surface area contributed by atoms with Crippen LogP contribution in [-0.4, -0.2) is 64.3 Å². The maximum atomic E-state index is 14.0. The van der Waals surface area contributed by atoms with E-state index in [1.807, 2.05) is 25.1 Å². The Hall–Kier alpha value is -4.42. The SMILES string of the molecule is CCOc1cc(C=c2sc3n(c2=O)C(c2ccccc2OC)C(C(=O)OCCOC)=C(C)N=3)ccc1OCC(=O)OC. The predicted octanol–water partition coefficient (Wildman–Crippen LogP) is 2.38. The van der Waals surface area contributed by atoms with Crippen LogP contribution < -0.4 is 29.1 Å². The van der Waals surface area contributed by atoms with Gasteiger partial charge in [-0.05, 0) is 43.7 Å². The molecule has 11 nitrogen and oxygen atoms in total. The molecule has 0 N–H and O–H groups in total. The quantitative estimate of drug-likeness (QED) is 0.229. The summed E-state index contributed by atoms with van der Waals surface area (Å²) in [5.74, 6) is 0.167. The third kappa shape index (κ3) is 6.55. The van der Waals surface area contributed by atoms with Crippen LogP contribution in [0.5, 0.6) is 17.2 Å². The molecule has 0 fully saturated rings. The summed E-state index contributed by atoms with van der Waals surface area (Å²) >= 11 is 1.20. The van der Waals surface area contributed by atoms with Crippen LogP contribution in [0.25, 0.3) is 6.08 Å². The number of nitrogens with zero attached hydrogens (tertiary/aromatic N) is 2. The van der Waals surface area contributed by atoms with Crippen molar-refractivity contribution in [3.05, 3.63) is 84.5 Å². The van der Waals surface area contributed by atoms with Gasteiger partial charge in [-0.2, -0.15) is 0 Å². The van der Waals surface area contributed by atoms with Gasteiger partial charge in [0, 0.05) is 12.7 Å². The molecule has 0 spiro atoms. The molecule has 0 saturated heterocycles. The highest BCUT2D eigenvalue weighted by Crippen LogP contribution is 2.35. The first kappa shape index (κ1) is 30.5. The zero-order valence-corrected chi connectivity index (χ0v) is 24.8. The number of allylic oxidation sites excluding steroid dienone is 1. The molecule has 1 atom stereocenters. The Labute approximate surface area is 246 Å². The number of hydrogen-bond acceptors (Lipinski definition) is 11. The Kier molecular flexibility index (Phi) is 10.2. The highest BCUT2D eigenvalue weighted by molar-refractivity contribution is 7.07. The first-order valence-corrected chi connectivity index (χ1v) is 13.9. The zero-order chi connectivity index (χ0) is 30.2. The Morgan fingerprint density at radius 2 is 1.81 bits per heavy atom. The fourth-order valence-corrected chi connectivity index (χ4v) is 5.46. The number of esters is 2.